The van der Waals surface area contributed by atoms with Crippen molar-refractivity contribution >= 4 is 11.8 Å². The lowest BCUT2D eigenvalue weighted by Crippen LogP contribution is -2.58. The molecule has 5 nitrogen and oxygen atoms in total. The van der Waals surface area contributed by atoms with Gasteiger partial charge in [0.1, 0.15) is 6.10 Å². The molecule has 0 bridgehead atoms. The van der Waals surface area contributed by atoms with E-state index in [9.17, 15) is 0 Å². The van der Waals surface area contributed by atoms with E-state index in [2.05, 4.69) is 32.8 Å². The molecule has 1 spiro atoms. The maximum atomic E-state index is 6.02. The number of aryl methyl sites for hydroxylation is 2. The second-order valence-corrected chi connectivity index (χ2v) is 8.14. The number of nitrogens with zero attached hydrogens (tertiary/aromatic N) is 4. The Morgan fingerprint density at radius 1 is 1.39 bits per heavy atom. The third-order valence-corrected chi connectivity index (χ3v) is 6.18. The van der Waals surface area contributed by atoms with Crippen LogP contribution in [-0.2, 0) is 13.6 Å². The highest BCUT2D eigenvalue weighted by Crippen LogP contribution is 2.46. The molecule has 0 amide bonds. The number of ether oxygens (including phenoxy) is 1. The first-order chi connectivity index (χ1) is 11.1. The van der Waals surface area contributed by atoms with E-state index in [1.165, 1.54) is 5.69 Å². The van der Waals surface area contributed by atoms with Gasteiger partial charge in [0.05, 0.1) is 11.4 Å². The molecule has 0 saturated carbocycles. The minimum absolute atomic E-state index is 0.288. The fraction of sp³-hybridized carbons (Fsp3) is 0.529. The molecule has 23 heavy (non-hydrogen) atoms. The van der Waals surface area contributed by atoms with Crippen LogP contribution in [-0.4, -0.2) is 49.4 Å². The number of hydrogen-bond donors (Lipinski definition) is 0. The second-order valence-electron chi connectivity index (χ2n) is 6.65. The Morgan fingerprint density at radius 3 is 2.96 bits per heavy atom. The highest BCUT2D eigenvalue weighted by molar-refractivity contribution is 8.01. The zero-order valence-electron chi connectivity index (χ0n) is 13.6. The van der Waals surface area contributed by atoms with Gasteiger partial charge in [-0.25, -0.2) is 4.98 Å². The predicted octanol–water partition coefficient (Wildman–Crippen LogP) is 2.26. The van der Waals surface area contributed by atoms with Gasteiger partial charge in [-0.15, -0.1) is 11.8 Å². The molecule has 0 radical (unpaired) electrons. The van der Waals surface area contributed by atoms with Crippen molar-refractivity contribution in [1.29, 1.82) is 0 Å². The number of thioether (sulfide) groups is 1. The Kier molecular flexibility index (Phi) is 3.81. The lowest BCUT2D eigenvalue weighted by Gasteiger charge is -2.47. The van der Waals surface area contributed by atoms with E-state index in [0.29, 0.717) is 4.75 Å². The first kappa shape index (κ1) is 15.0. The third kappa shape index (κ3) is 3.10. The highest BCUT2D eigenvalue weighted by atomic mass is 32.2. The summed E-state index contributed by atoms with van der Waals surface area (Å²) in [6, 6.07) is 8.01. The van der Waals surface area contributed by atoms with Gasteiger partial charge in [-0.1, -0.05) is 6.07 Å². The zero-order valence-corrected chi connectivity index (χ0v) is 14.4. The molecule has 2 aromatic rings. The molecule has 0 aliphatic carbocycles. The summed E-state index contributed by atoms with van der Waals surface area (Å²) in [5.41, 5.74) is 2.39. The lowest BCUT2D eigenvalue weighted by atomic mass is 9.93. The van der Waals surface area contributed by atoms with Crippen LogP contribution in [0.1, 0.15) is 17.8 Å². The zero-order chi connectivity index (χ0) is 15.9. The number of rotatable bonds is 4. The fourth-order valence-corrected chi connectivity index (χ4v) is 5.18. The van der Waals surface area contributed by atoms with Gasteiger partial charge in [0.2, 0.25) is 5.88 Å². The molecule has 2 aromatic heterocycles. The SMILES string of the molecule is Cc1cc(CN2CC3(C[C@H](Oc4ccccn4)CS3)C2)n(C)n1. The highest BCUT2D eigenvalue weighted by Gasteiger charge is 2.49. The van der Waals surface area contributed by atoms with Crippen LogP contribution in [0.3, 0.4) is 0 Å². The Hall–Kier alpha value is -1.53. The van der Waals surface area contributed by atoms with Crippen molar-refractivity contribution in [2.45, 2.75) is 30.7 Å². The normalized spacial score (nSPS) is 23.1. The van der Waals surface area contributed by atoms with E-state index in [4.69, 9.17) is 4.74 Å². The van der Waals surface area contributed by atoms with E-state index >= 15 is 0 Å². The van der Waals surface area contributed by atoms with Gasteiger partial charge in [0, 0.05) is 55.9 Å². The number of hydrogen-bond acceptors (Lipinski definition) is 5. The first-order valence-electron chi connectivity index (χ1n) is 8.05. The van der Waals surface area contributed by atoms with Crippen molar-refractivity contribution in [2.75, 3.05) is 18.8 Å². The molecular weight excluding hydrogens is 308 g/mol. The van der Waals surface area contributed by atoms with E-state index < -0.39 is 0 Å². The molecule has 2 aliphatic heterocycles. The predicted molar refractivity (Wildman–Crippen MR) is 91.7 cm³/mol. The van der Waals surface area contributed by atoms with E-state index in [1.54, 1.807) is 6.20 Å². The Bertz CT molecular complexity index is 681. The van der Waals surface area contributed by atoms with Crippen molar-refractivity contribution in [3.8, 4) is 5.88 Å². The average Bonchev–Trinajstić information content (AvgIpc) is 3.04. The minimum atomic E-state index is 0.288. The van der Waals surface area contributed by atoms with Crippen LogP contribution in [0.4, 0.5) is 0 Å². The number of likely N-dealkylation sites (tertiary alicyclic amines) is 1. The van der Waals surface area contributed by atoms with Crippen molar-refractivity contribution < 1.29 is 4.74 Å². The maximum Gasteiger partial charge on any atom is 0.213 e. The topological polar surface area (TPSA) is 43.2 Å². The molecule has 122 valence electrons. The van der Waals surface area contributed by atoms with Crippen LogP contribution in [0.15, 0.2) is 30.5 Å². The van der Waals surface area contributed by atoms with Gasteiger partial charge in [-0.05, 0) is 19.1 Å². The van der Waals surface area contributed by atoms with Gasteiger partial charge in [0.15, 0.2) is 0 Å². The summed E-state index contributed by atoms with van der Waals surface area (Å²) in [4.78, 5) is 6.77. The molecule has 4 heterocycles. The molecular formula is C17H22N4OS. The largest absolute Gasteiger partial charge is 0.473 e. The summed E-state index contributed by atoms with van der Waals surface area (Å²) in [5, 5.41) is 4.43. The summed E-state index contributed by atoms with van der Waals surface area (Å²) in [5.74, 6) is 1.81. The number of aromatic nitrogens is 3. The smallest absolute Gasteiger partial charge is 0.213 e. The van der Waals surface area contributed by atoms with Crippen molar-refractivity contribution in [2.24, 2.45) is 7.05 Å². The second kappa shape index (κ2) is 5.83. The van der Waals surface area contributed by atoms with E-state index in [0.717, 1.165) is 43.4 Å². The Labute approximate surface area is 141 Å². The van der Waals surface area contributed by atoms with Gasteiger partial charge in [-0.3, -0.25) is 9.58 Å². The molecule has 2 fully saturated rings. The molecule has 0 N–H and O–H groups in total. The van der Waals surface area contributed by atoms with E-state index in [-0.39, 0.29) is 6.10 Å². The monoisotopic (exact) mass is 330 g/mol. The van der Waals surface area contributed by atoms with Crippen LogP contribution < -0.4 is 4.74 Å². The van der Waals surface area contributed by atoms with Crippen LogP contribution in [0.5, 0.6) is 5.88 Å². The summed E-state index contributed by atoms with van der Waals surface area (Å²) in [6.07, 6.45) is 3.19. The molecule has 0 unspecified atom stereocenters. The van der Waals surface area contributed by atoms with Gasteiger partial charge in [-0.2, -0.15) is 5.10 Å². The van der Waals surface area contributed by atoms with Crippen LogP contribution >= 0.6 is 11.8 Å². The van der Waals surface area contributed by atoms with Gasteiger partial charge < -0.3 is 4.74 Å². The first-order valence-corrected chi connectivity index (χ1v) is 9.04. The quantitative estimate of drug-likeness (QED) is 0.860. The molecule has 6 heteroatoms. The number of pyridine rings is 1. The molecule has 1 atom stereocenters. The van der Waals surface area contributed by atoms with Gasteiger partial charge >= 0.3 is 0 Å². The molecule has 2 aliphatic rings. The average molecular weight is 330 g/mol. The van der Waals surface area contributed by atoms with Crippen LogP contribution in [0.25, 0.3) is 0 Å². The van der Waals surface area contributed by atoms with Crippen molar-refractivity contribution in [3.63, 3.8) is 0 Å². The van der Waals surface area contributed by atoms with Crippen molar-refractivity contribution in [3.05, 3.63) is 41.9 Å². The third-order valence-electron chi connectivity index (χ3n) is 4.61. The molecule has 0 aromatic carbocycles. The summed E-state index contributed by atoms with van der Waals surface area (Å²) >= 11 is 2.07. The van der Waals surface area contributed by atoms with Crippen molar-refractivity contribution in [1.82, 2.24) is 19.7 Å². The standard InChI is InChI=1S/C17H22N4OS/c1-13-7-14(20(2)19-13)9-21-11-17(12-21)8-15(10-23-17)22-16-5-3-4-6-18-16/h3-7,15H,8-12H2,1-2H3/t15-/m0/s1. The fourth-order valence-electron chi connectivity index (χ4n) is 3.61. The van der Waals surface area contributed by atoms with E-state index in [1.807, 2.05) is 36.9 Å². The summed E-state index contributed by atoms with van der Waals surface area (Å²) in [7, 11) is 2.03. The summed E-state index contributed by atoms with van der Waals surface area (Å²) < 4.78 is 8.40. The molecule has 2 saturated heterocycles. The minimum Gasteiger partial charge on any atom is -0.473 e. The maximum absolute atomic E-state index is 6.02. The Balaban J connectivity index is 1.30. The molecule has 4 rings (SSSR count). The van der Waals surface area contributed by atoms with Crippen LogP contribution in [0.2, 0.25) is 0 Å². The van der Waals surface area contributed by atoms with Crippen LogP contribution in [0, 0.1) is 6.92 Å². The van der Waals surface area contributed by atoms with Gasteiger partial charge in [0.25, 0.3) is 0 Å². The summed E-state index contributed by atoms with van der Waals surface area (Å²) in [6.45, 7) is 5.33. The lowest BCUT2D eigenvalue weighted by molar-refractivity contribution is 0.0887. The Morgan fingerprint density at radius 2 is 2.26 bits per heavy atom.